The number of aryl methyl sites for hydroxylation is 1. The lowest BCUT2D eigenvalue weighted by molar-refractivity contribution is 0.0925. The van der Waals surface area contributed by atoms with Crippen LogP contribution in [-0.2, 0) is 16.8 Å². The van der Waals surface area contributed by atoms with Crippen molar-refractivity contribution in [3.8, 4) is 11.4 Å². The Morgan fingerprint density at radius 3 is 2.38 bits per heavy atom. The molecular formula is C28H33N5O. The van der Waals surface area contributed by atoms with Crippen molar-refractivity contribution >= 4 is 22.5 Å². The lowest BCUT2D eigenvalue weighted by Gasteiger charge is -2.19. The first-order chi connectivity index (χ1) is 16.2. The van der Waals surface area contributed by atoms with Crippen LogP contribution >= 0.6 is 0 Å². The molecule has 0 aliphatic heterocycles. The summed E-state index contributed by atoms with van der Waals surface area (Å²) in [6.07, 6.45) is 1.79. The van der Waals surface area contributed by atoms with Gasteiger partial charge in [0.15, 0.2) is 11.5 Å². The standard InChI is InChI=1S/C28H33N5O/c1-18(2)16-34-17-24-32-26(30-21-11-9-20(10-12-21)28(4,5)6)22-13-14-23(31-27(22)33-24)25-19(3)8-7-15-29-25/h7-15,18H,16-17H2,1-6H3,(H,30,31,32,33). The quantitative estimate of drug-likeness (QED) is 0.338. The number of nitrogens with zero attached hydrogens (tertiary/aromatic N) is 4. The highest BCUT2D eigenvalue weighted by atomic mass is 16.5. The summed E-state index contributed by atoms with van der Waals surface area (Å²) in [5.74, 6) is 1.76. The molecule has 0 fully saturated rings. The molecule has 3 heterocycles. The molecule has 0 bridgehead atoms. The molecule has 0 unspecified atom stereocenters. The van der Waals surface area contributed by atoms with Gasteiger partial charge < -0.3 is 10.1 Å². The highest BCUT2D eigenvalue weighted by Gasteiger charge is 2.15. The number of ether oxygens (including phenoxy) is 1. The Morgan fingerprint density at radius 1 is 0.941 bits per heavy atom. The lowest BCUT2D eigenvalue weighted by Crippen LogP contribution is -2.11. The monoisotopic (exact) mass is 455 g/mol. The van der Waals surface area contributed by atoms with Crippen LogP contribution < -0.4 is 5.32 Å². The SMILES string of the molecule is Cc1cccnc1-c1ccc2c(Nc3ccc(C(C)(C)C)cc3)nc(COCC(C)C)nc2n1. The van der Waals surface area contributed by atoms with Gasteiger partial charge in [0.1, 0.15) is 12.4 Å². The maximum absolute atomic E-state index is 5.83. The predicted molar refractivity (Wildman–Crippen MR) is 138 cm³/mol. The van der Waals surface area contributed by atoms with Gasteiger partial charge in [-0.1, -0.05) is 52.8 Å². The number of nitrogens with one attached hydrogen (secondary N) is 1. The van der Waals surface area contributed by atoms with Crippen LogP contribution in [0.3, 0.4) is 0 Å². The summed E-state index contributed by atoms with van der Waals surface area (Å²) in [7, 11) is 0. The van der Waals surface area contributed by atoms with Crippen LogP contribution in [0.4, 0.5) is 11.5 Å². The first kappa shape index (κ1) is 23.8. The van der Waals surface area contributed by atoms with Gasteiger partial charge in [-0.15, -0.1) is 0 Å². The average molecular weight is 456 g/mol. The van der Waals surface area contributed by atoms with Crippen molar-refractivity contribution < 1.29 is 4.74 Å². The van der Waals surface area contributed by atoms with Crippen molar-refractivity contribution in [1.82, 2.24) is 19.9 Å². The molecule has 3 aromatic heterocycles. The Labute approximate surface area is 201 Å². The molecule has 4 aromatic rings. The Bertz CT molecular complexity index is 1280. The van der Waals surface area contributed by atoms with E-state index >= 15 is 0 Å². The van der Waals surface area contributed by atoms with Gasteiger partial charge in [0.25, 0.3) is 0 Å². The largest absolute Gasteiger partial charge is 0.373 e. The zero-order chi connectivity index (χ0) is 24.3. The molecule has 0 amide bonds. The van der Waals surface area contributed by atoms with E-state index < -0.39 is 0 Å². The van der Waals surface area contributed by atoms with Gasteiger partial charge in [0.05, 0.1) is 16.8 Å². The van der Waals surface area contributed by atoms with Crippen LogP contribution in [0.25, 0.3) is 22.4 Å². The fraction of sp³-hybridized carbons (Fsp3) is 0.357. The summed E-state index contributed by atoms with van der Waals surface area (Å²) in [5.41, 5.74) is 5.69. The fourth-order valence-corrected chi connectivity index (χ4v) is 3.68. The first-order valence-corrected chi connectivity index (χ1v) is 11.8. The van der Waals surface area contributed by atoms with Crippen molar-refractivity contribution in [2.24, 2.45) is 5.92 Å². The maximum Gasteiger partial charge on any atom is 0.165 e. The number of aromatic nitrogens is 4. The third kappa shape index (κ3) is 5.57. The van der Waals surface area contributed by atoms with Crippen molar-refractivity contribution in [3.63, 3.8) is 0 Å². The van der Waals surface area contributed by atoms with E-state index in [2.05, 4.69) is 69.2 Å². The number of anilines is 2. The van der Waals surface area contributed by atoms with Crippen molar-refractivity contribution in [1.29, 1.82) is 0 Å². The Balaban J connectivity index is 1.73. The Hall–Kier alpha value is -3.38. The molecule has 1 N–H and O–H groups in total. The molecule has 0 atom stereocenters. The number of rotatable bonds is 7. The molecule has 34 heavy (non-hydrogen) atoms. The fourth-order valence-electron chi connectivity index (χ4n) is 3.68. The minimum Gasteiger partial charge on any atom is -0.373 e. The molecule has 0 spiro atoms. The van der Waals surface area contributed by atoms with E-state index in [0.29, 0.717) is 36.4 Å². The second-order valence-corrected chi connectivity index (χ2v) is 10.1. The molecule has 1 aromatic carbocycles. The summed E-state index contributed by atoms with van der Waals surface area (Å²) in [4.78, 5) is 18.9. The molecule has 6 nitrogen and oxygen atoms in total. The summed E-state index contributed by atoms with van der Waals surface area (Å²) in [6, 6.07) is 16.4. The summed E-state index contributed by atoms with van der Waals surface area (Å²) < 4.78 is 5.83. The van der Waals surface area contributed by atoms with E-state index in [9.17, 15) is 0 Å². The van der Waals surface area contributed by atoms with Crippen LogP contribution in [0.5, 0.6) is 0 Å². The van der Waals surface area contributed by atoms with Crippen LogP contribution in [0.2, 0.25) is 0 Å². The molecule has 6 heteroatoms. The average Bonchev–Trinajstić information content (AvgIpc) is 2.78. The van der Waals surface area contributed by atoms with Crippen LogP contribution in [0.1, 0.15) is 51.6 Å². The normalized spacial score (nSPS) is 11.9. The molecule has 4 rings (SSSR count). The highest BCUT2D eigenvalue weighted by molar-refractivity contribution is 5.90. The molecule has 0 aliphatic rings. The summed E-state index contributed by atoms with van der Waals surface area (Å²) in [5, 5.41) is 4.33. The van der Waals surface area contributed by atoms with E-state index in [-0.39, 0.29) is 5.41 Å². The number of benzene rings is 1. The summed E-state index contributed by atoms with van der Waals surface area (Å²) >= 11 is 0. The molecule has 0 saturated carbocycles. The van der Waals surface area contributed by atoms with Gasteiger partial charge in [0.2, 0.25) is 0 Å². The minimum absolute atomic E-state index is 0.102. The van der Waals surface area contributed by atoms with Gasteiger partial charge >= 0.3 is 0 Å². The van der Waals surface area contributed by atoms with E-state index in [1.807, 2.05) is 31.2 Å². The van der Waals surface area contributed by atoms with E-state index in [1.165, 1.54) is 5.56 Å². The second-order valence-electron chi connectivity index (χ2n) is 10.1. The van der Waals surface area contributed by atoms with Crippen LogP contribution in [0.15, 0.2) is 54.7 Å². The van der Waals surface area contributed by atoms with Gasteiger partial charge in [-0.2, -0.15) is 0 Å². The number of hydrogen-bond acceptors (Lipinski definition) is 6. The van der Waals surface area contributed by atoms with Crippen molar-refractivity contribution in [2.75, 3.05) is 11.9 Å². The van der Waals surface area contributed by atoms with Gasteiger partial charge in [0, 0.05) is 18.5 Å². The zero-order valence-corrected chi connectivity index (χ0v) is 20.9. The van der Waals surface area contributed by atoms with Crippen molar-refractivity contribution in [3.05, 3.63) is 71.7 Å². The van der Waals surface area contributed by atoms with Crippen LogP contribution in [0, 0.1) is 12.8 Å². The molecular weight excluding hydrogens is 422 g/mol. The third-order valence-electron chi connectivity index (χ3n) is 5.55. The predicted octanol–water partition coefficient (Wildman–Crippen LogP) is 6.61. The third-order valence-corrected chi connectivity index (χ3v) is 5.55. The highest BCUT2D eigenvalue weighted by Crippen LogP contribution is 2.28. The van der Waals surface area contributed by atoms with Crippen LogP contribution in [-0.4, -0.2) is 26.5 Å². The molecule has 0 saturated heterocycles. The van der Waals surface area contributed by atoms with E-state index in [0.717, 1.165) is 28.0 Å². The first-order valence-electron chi connectivity index (χ1n) is 11.8. The second kappa shape index (κ2) is 9.85. The van der Waals surface area contributed by atoms with Gasteiger partial charge in [-0.25, -0.2) is 15.0 Å². The van der Waals surface area contributed by atoms with Gasteiger partial charge in [-0.3, -0.25) is 4.98 Å². The van der Waals surface area contributed by atoms with E-state index in [4.69, 9.17) is 19.7 Å². The molecule has 176 valence electrons. The molecule has 0 radical (unpaired) electrons. The Morgan fingerprint density at radius 2 is 1.71 bits per heavy atom. The van der Waals surface area contributed by atoms with E-state index in [1.54, 1.807) is 6.20 Å². The van der Waals surface area contributed by atoms with Crippen molar-refractivity contribution in [2.45, 2.75) is 53.6 Å². The topological polar surface area (TPSA) is 72.8 Å². The number of fused-ring (bicyclic) bond motifs is 1. The number of hydrogen-bond donors (Lipinski definition) is 1. The zero-order valence-electron chi connectivity index (χ0n) is 20.9. The maximum atomic E-state index is 5.83. The lowest BCUT2D eigenvalue weighted by atomic mass is 9.87. The summed E-state index contributed by atoms with van der Waals surface area (Å²) in [6.45, 7) is 13.9. The minimum atomic E-state index is 0.102. The smallest absolute Gasteiger partial charge is 0.165 e. The Kier molecular flexibility index (Phi) is 6.89. The number of pyridine rings is 2. The molecule has 0 aliphatic carbocycles. The van der Waals surface area contributed by atoms with Gasteiger partial charge in [-0.05, 0) is 59.7 Å².